The molecule has 1 aliphatic carbocycles. The highest BCUT2D eigenvalue weighted by molar-refractivity contribution is 7.14. The lowest BCUT2D eigenvalue weighted by Gasteiger charge is -2.16. The van der Waals surface area contributed by atoms with E-state index in [2.05, 4.69) is 17.5 Å². The van der Waals surface area contributed by atoms with Crippen molar-refractivity contribution in [2.75, 3.05) is 0 Å². The number of aryl methyl sites for hydroxylation is 1. The molecule has 4 nitrogen and oxygen atoms in total. The van der Waals surface area contributed by atoms with Crippen LogP contribution >= 0.6 is 11.3 Å². The van der Waals surface area contributed by atoms with Crippen LogP contribution in [0.1, 0.15) is 44.6 Å². The topological polar surface area (TPSA) is 50.7 Å². The molecule has 29 heavy (non-hydrogen) atoms. The van der Waals surface area contributed by atoms with E-state index in [0.717, 1.165) is 34.6 Å². The zero-order valence-electron chi connectivity index (χ0n) is 16.4. The Labute approximate surface area is 175 Å². The zero-order chi connectivity index (χ0) is 20.1. The van der Waals surface area contributed by atoms with E-state index in [0.29, 0.717) is 12.5 Å². The molecule has 1 aliphatic rings. The summed E-state index contributed by atoms with van der Waals surface area (Å²) in [7, 11) is 0. The molecule has 5 heteroatoms. The van der Waals surface area contributed by atoms with E-state index in [-0.39, 0.29) is 5.91 Å². The molecule has 0 fully saturated rings. The highest BCUT2D eigenvalue weighted by Gasteiger charge is 2.20. The highest BCUT2D eigenvalue weighted by Crippen LogP contribution is 2.32. The molecule has 0 radical (unpaired) electrons. The maximum absolute atomic E-state index is 12.5. The van der Waals surface area contributed by atoms with E-state index >= 15 is 0 Å². The van der Waals surface area contributed by atoms with Crippen LogP contribution in [0.4, 0.5) is 0 Å². The van der Waals surface area contributed by atoms with Crippen LogP contribution in [0.15, 0.2) is 65.8 Å². The first-order chi connectivity index (χ1) is 14.2. The molecule has 1 atom stereocenters. The molecule has 2 aromatic carbocycles. The predicted octanol–water partition coefficient (Wildman–Crippen LogP) is 5.22. The second-order valence-electron chi connectivity index (χ2n) is 7.42. The third-order valence-electron chi connectivity index (χ3n) is 5.08. The number of benzene rings is 2. The molecule has 1 heterocycles. The van der Waals surface area contributed by atoms with Crippen molar-refractivity contribution in [2.24, 2.45) is 11.0 Å². The van der Waals surface area contributed by atoms with Crippen LogP contribution in [0.3, 0.4) is 0 Å². The number of nitrogens with one attached hydrogen (secondary N) is 1. The molecule has 3 aromatic rings. The second-order valence-corrected chi connectivity index (χ2v) is 8.56. The van der Waals surface area contributed by atoms with Gasteiger partial charge < -0.3 is 4.74 Å². The van der Waals surface area contributed by atoms with E-state index in [1.54, 1.807) is 17.6 Å². The van der Waals surface area contributed by atoms with Gasteiger partial charge in [0, 0.05) is 10.4 Å². The fraction of sp³-hybridized carbons (Fsp3) is 0.250. The van der Waals surface area contributed by atoms with Crippen molar-refractivity contribution < 1.29 is 9.53 Å². The van der Waals surface area contributed by atoms with Gasteiger partial charge in [0.05, 0.1) is 11.1 Å². The molecule has 4 rings (SSSR count). The number of nitrogens with zero attached hydrogens (tertiary/aromatic N) is 1. The molecule has 0 spiro atoms. The molecule has 1 amide bonds. The summed E-state index contributed by atoms with van der Waals surface area (Å²) >= 11 is 1.59. The van der Waals surface area contributed by atoms with Gasteiger partial charge in [-0.05, 0) is 54.5 Å². The first kappa shape index (κ1) is 19.4. The number of ether oxygens (including phenoxy) is 1. The van der Waals surface area contributed by atoms with Crippen LogP contribution < -0.4 is 10.2 Å². The Morgan fingerprint density at radius 2 is 2.00 bits per heavy atom. The summed E-state index contributed by atoms with van der Waals surface area (Å²) in [6.07, 6.45) is 4.97. The Morgan fingerprint density at radius 1 is 1.21 bits per heavy atom. The zero-order valence-corrected chi connectivity index (χ0v) is 17.2. The van der Waals surface area contributed by atoms with E-state index in [1.165, 1.54) is 16.9 Å². The molecule has 0 saturated carbocycles. The maximum atomic E-state index is 12.5. The Kier molecular flexibility index (Phi) is 6.06. The summed E-state index contributed by atoms with van der Waals surface area (Å²) in [6.45, 7) is 2.75. The normalized spacial score (nSPS) is 15.8. The summed E-state index contributed by atoms with van der Waals surface area (Å²) in [4.78, 5) is 14.6. The van der Waals surface area contributed by atoms with Gasteiger partial charge in [-0.1, -0.05) is 49.4 Å². The van der Waals surface area contributed by atoms with E-state index in [9.17, 15) is 4.79 Å². The third kappa shape index (κ3) is 4.93. The van der Waals surface area contributed by atoms with Gasteiger partial charge in [-0.25, -0.2) is 5.43 Å². The molecule has 0 saturated heterocycles. The summed E-state index contributed by atoms with van der Waals surface area (Å²) in [5.74, 6) is 1.27. The summed E-state index contributed by atoms with van der Waals surface area (Å²) in [5, 5.41) is 4.16. The van der Waals surface area contributed by atoms with E-state index < -0.39 is 0 Å². The van der Waals surface area contributed by atoms with Crippen LogP contribution in [-0.4, -0.2) is 12.1 Å². The number of carbonyl (C=O) groups excluding carboxylic acids is 1. The van der Waals surface area contributed by atoms with Crippen LogP contribution in [-0.2, 0) is 19.4 Å². The Bertz CT molecular complexity index is 1010. The van der Waals surface area contributed by atoms with Crippen molar-refractivity contribution in [3.8, 4) is 5.75 Å². The van der Waals surface area contributed by atoms with Crippen molar-refractivity contribution in [1.29, 1.82) is 0 Å². The smallest absolute Gasteiger partial charge is 0.281 e. The minimum Gasteiger partial charge on any atom is -0.488 e. The van der Waals surface area contributed by atoms with Crippen LogP contribution in [0, 0.1) is 5.92 Å². The fourth-order valence-electron chi connectivity index (χ4n) is 3.49. The number of amides is 1. The number of para-hydroxylation sites is 1. The number of thiophene rings is 1. The van der Waals surface area contributed by atoms with E-state index in [4.69, 9.17) is 4.74 Å². The molecular formula is C24H24N2O2S. The molecule has 0 unspecified atom stereocenters. The van der Waals surface area contributed by atoms with Crippen molar-refractivity contribution in [1.82, 2.24) is 5.43 Å². The molecule has 1 aromatic heterocycles. The minimum atomic E-state index is -0.156. The second kappa shape index (κ2) is 9.05. The van der Waals surface area contributed by atoms with Crippen molar-refractivity contribution in [3.63, 3.8) is 0 Å². The van der Waals surface area contributed by atoms with Crippen LogP contribution in [0.25, 0.3) is 0 Å². The van der Waals surface area contributed by atoms with E-state index in [1.807, 2.05) is 60.7 Å². The van der Waals surface area contributed by atoms with Gasteiger partial charge in [0.1, 0.15) is 12.4 Å². The van der Waals surface area contributed by atoms with Gasteiger partial charge in [-0.15, -0.1) is 11.3 Å². The van der Waals surface area contributed by atoms with Gasteiger partial charge in [-0.2, -0.15) is 5.10 Å². The molecular weight excluding hydrogens is 380 g/mol. The lowest BCUT2D eigenvalue weighted by molar-refractivity contribution is 0.0959. The number of rotatable bonds is 6. The summed E-state index contributed by atoms with van der Waals surface area (Å²) < 4.78 is 5.93. The predicted molar refractivity (Wildman–Crippen MR) is 118 cm³/mol. The molecule has 0 aliphatic heterocycles. The molecule has 0 bridgehead atoms. The standard InChI is InChI=1S/C24H24N2O2S/c1-17-11-12-22-20(13-17)14-23(29-22)24(27)26-25-15-19-9-5-6-10-21(19)28-16-18-7-3-2-4-8-18/h2-10,14-15,17H,11-13,16H2,1H3,(H,26,27)/b25-15-/t17-/m0/s1. The third-order valence-corrected chi connectivity index (χ3v) is 6.31. The van der Waals surface area contributed by atoms with Gasteiger partial charge in [-0.3, -0.25) is 4.79 Å². The van der Waals surface area contributed by atoms with Gasteiger partial charge in [0.2, 0.25) is 0 Å². The monoisotopic (exact) mass is 404 g/mol. The first-order valence-electron chi connectivity index (χ1n) is 9.90. The maximum Gasteiger partial charge on any atom is 0.281 e. The number of hydrazone groups is 1. The van der Waals surface area contributed by atoms with Gasteiger partial charge >= 0.3 is 0 Å². The lowest BCUT2D eigenvalue weighted by Crippen LogP contribution is -2.16. The molecule has 1 N–H and O–H groups in total. The molecule has 148 valence electrons. The minimum absolute atomic E-state index is 0.156. The largest absolute Gasteiger partial charge is 0.488 e. The summed E-state index contributed by atoms with van der Waals surface area (Å²) in [5.41, 5.74) is 5.90. The number of hydrogen-bond acceptors (Lipinski definition) is 4. The average molecular weight is 405 g/mol. The quantitative estimate of drug-likeness (QED) is 0.453. The Balaban J connectivity index is 1.39. The number of hydrogen-bond donors (Lipinski definition) is 1. The summed E-state index contributed by atoms with van der Waals surface area (Å²) in [6, 6.07) is 19.7. The van der Waals surface area contributed by atoms with Crippen molar-refractivity contribution in [2.45, 2.75) is 32.8 Å². The number of fused-ring (bicyclic) bond motifs is 1. The highest BCUT2D eigenvalue weighted by atomic mass is 32.1. The average Bonchev–Trinajstić information content (AvgIpc) is 3.17. The van der Waals surface area contributed by atoms with Crippen molar-refractivity contribution in [3.05, 3.63) is 87.1 Å². The van der Waals surface area contributed by atoms with Crippen LogP contribution in [0.5, 0.6) is 5.75 Å². The van der Waals surface area contributed by atoms with Gasteiger partial charge in [0.25, 0.3) is 5.91 Å². The fourth-order valence-corrected chi connectivity index (χ4v) is 4.59. The lowest BCUT2D eigenvalue weighted by atomic mass is 9.90. The first-order valence-corrected chi connectivity index (χ1v) is 10.7. The van der Waals surface area contributed by atoms with Crippen LogP contribution in [0.2, 0.25) is 0 Å². The van der Waals surface area contributed by atoms with Crippen molar-refractivity contribution >= 4 is 23.5 Å². The number of carbonyl (C=O) groups is 1. The Hall–Kier alpha value is -2.92. The SMILES string of the molecule is C[C@H]1CCc2sc(C(=O)N/N=C\c3ccccc3OCc3ccccc3)cc2C1. The Morgan fingerprint density at radius 3 is 2.86 bits per heavy atom. The van der Waals surface area contributed by atoms with Gasteiger partial charge in [0.15, 0.2) is 0 Å².